The first-order chi connectivity index (χ1) is 15.4. The topological polar surface area (TPSA) is 70.9 Å². The Labute approximate surface area is 184 Å². The molecule has 0 fully saturated rings. The molecule has 0 saturated heterocycles. The Balaban J connectivity index is 1.97. The SMILES string of the molecule is Cc1c(C(=O)O)cccc1-c1c(C(C)C)n(-c2ccc(F)cc2)c2cc3cn[nH]c3cc12. The molecule has 0 unspecified atom stereocenters. The standard InChI is InChI=1S/C26H22FN3O2/c1-14(2)25-24(19-5-4-6-20(15(19)3)26(31)32)21-12-22-16(13-28-29-22)11-23(21)30(25)18-9-7-17(27)8-10-18/h4-14H,1-3H3,(H,28,29)(H,31,32). The molecule has 3 aromatic carbocycles. The van der Waals surface area contributed by atoms with Crippen LogP contribution in [0.1, 0.15) is 41.4 Å². The second-order valence-corrected chi connectivity index (χ2v) is 8.34. The minimum absolute atomic E-state index is 0.117. The smallest absolute Gasteiger partial charge is 0.335 e. The number of rotatable bonds is 4. The van der Waals surface area contributed by atoms with E-state index in [4.69, 9.17) is 0 Å². The van der Waals surface area contributed by atoms with Gasteiger partial charge in [0.2, 0.25) is 0 Å². The molecule has 32 heavy (non-hydrogen) atoms. The molecule has 5 nitrogen and oxygen atoms in total. The predicted octanol–water partition coefficient (Wildman–Crippen LogP) is 6.44. The number of hydrogen-bond donors (Lipinski definition) is 2. The van der Waals surface area contributed by atoms with Crippen molar-refractivity contribution in [1.29, 1.82) is 0 Å². The summed E-state index contributed by atoms with van der Waals surface area (Å²) >= 11 is 0. The number of hydrogen-bond acceptors (Lipinski definition) is 2. The summed E-state index contributed by atoms with van der Waals surface area (Å²) < 4.78 is 15.9. The molecular weight excluding hydrogens is 405 g/mol. The normalized spacial score (nSPS) is 11.7. The van der Waals surface area contributed by atoms with E-state index in [0.717, 1.165) is 44.3 Å². The molecule has 5 rings (SSSR count). The van der Waals surface area contributed by atoms with Gasteiger partial charge in [0.15, 0.2) is 0 Å². The first kappa shape index (κ1) is 20.0. The third-order valence-electron chi connectivity index (χ3n) is 6.03. The third-order valence-corrected chi connectivity index (χ3v) is 6.03. The van der Waals surface area contributed by atoms with Crippen molar-refractivity contribution in [2.45, 2.75) is 26.7 Å². The highest BCUT2D eigenvalue weighted by molar-refractivity contribution is 6.07. The van der Waals surface area contributed by atoms with Gasteiger partial charge in [-0.2, -0.15) is 5.10 Å². The molecule has 6 heteroatoms. The Morgan fingerprint density at radius 2 is 1.88 bits per heavy atom. The van der Waals surface area contributed by atoms with E-state index < -0.39 is 5.97 Å². The summed E-state index contributed by atoms with van der Waals surface area (Å²) in [5.41, 5.74) is 6.60. The van der Waals surface area contributed by atoms with Crippen LogP contribution in [0.4, 0.5) is 4.39 Å². The Bertz CT molecular complexity index is 1490. The van der Waals surface area contributed by atoms with Gasteiger partial charge in [-0.25, -0.2) is 9.18 Å². The van der Waals surface area contributed by atoms with Crippen LogP contribution < -0.4 is 0 Å². The molecule has 0 atom stereocenters. The number of carbonyl (C=O) groups is 1. The number of carboxylic acids is 1. The number of fused-ring (bicyclic) bond motifs is 2. The van der Waals surface area contributed by atoms with E-state index in [2.05, 4.69) is 40.7 Å². The first-order valence-electron chi connectivity index (χ1n) is 10.5. The molecule has 0 radical (unpaired) electrons. The number of carboxylic acid groups (broad SMARTS) is 1. The monoisotopic (exact) mass is 427 g/mol. The molecule has 0 amide bonds. The second kappa shape index (κ2) is 7.34. The van der Waals surface area contributed by atoms with Crippen molar-refractivity contribution in [1.82, 2.24) is 14.8 Å². The molecule has 2 aromatic heterocycles. The van der Waals surface area contributed by atoms with Gasteiger partial charge >= 0.3 is 5.97 Å². The summed E-state index contributed by atoms with van der Waals surface area (Å²) in [4.78, 5) is 11.8. The minimum atomic E-state index is -0.950. The summed E-state index contributed by atoms with van der Waals surface area (Å²) in [7, 11) is 0. The van der Waals surface area contributed by atoms with Crippen LogP contribution in [0.5, 0.6) is 0 Å². The first-order valence-corrected chi connectivity index (χ1v) is 10.5. The molecule has 0 aliphatic carbocycles. The lowest BCUT2D eigenvalue weighted by Crippen LogP contribution is -2.05. The van der Waals surface area contributed by atoms with E-state index in [0.29, 0.717) is 5.56 Å². The van der Waals surface area contributed by atoms with Gasteiger partial charge in [0, 0.05) is 27.7 Å². The van der Waals surface area contributed by atoms with Crippen molar-refractivity contribution < 1.29 is 14.3 Å². The van der Waals surface area contributed by atoms with Crippen LogP contribution in [0.3, 0.4) is 0 Å². The number of aromatic amines is 1. The van der Waals surface area contributed by atoms with Crippen molar-refractivity contribution in [2.24, 2.45) is 0 Å². The molecule has 0 aliphatic heterocycles. The molecule has 2 N–H and O–H groups in total. The number of aromatic nitrogens is 3. The van der Waals surface area contributed by atoms with Crippen LogP contribution >= 0.6 is 0 Å². The molecule has 160 valence electrons. The van der Waals surface area contributed by atoms with Gasteiger partial charge in [-0.15, -0.1) is 0 Å². The lowest BCUT2D eigenvalue weighted by atomic mass is 9.91. The number of nitrogens with zero attached hydrogens (tertiary/aromatic N) is 2. The second-order valence-electron chi connectivity index (χ2n) is 8.34. The van der Waals surface area contributed by atoms with Crippen LogP contribution in [0, 0.1) is 12.7 Å². The molecular formula is C26H22FN3O2. The van der Waals surface area contributed by atoms with Crippen LogP contribution in [0.2, 0.25) is 0 Å². The zero-order chi connectivity index (χ0) is 22.6. The van der Waals surface area contributed by atoms with E-state index in [1.807, 2.05) is 13.0 Å². The highest BCUT2D eigenvalue weighted by atomic mass is 19.1. The number of aromatic carboxylic acids is 1. The molecule has 0 saturated carbocycles. The highest BCUT2D eigenvalue weighted by Gasteiger charge is 2.25. The van der Waals surface area contributed by atoms with Crippen LogP contribution in [-0.2, 0) is 0 Å². The van der Waals surface area contributed by atoms with E-state index in [1.165, 1.54) is 12.1 Å². The van der Waals surface area contributed by atoms with Gasteiger partial charge in [-0.3, -0.25) is 5.10 Å². The van der Waals surface area contributed by atoms with Gasteiger partial charge in [0.1, 0.15) is 5.82 Å². The van der Waals surface area contributed by atoms with Gasteiger partial charge in [0.05, 0.1) is 22.8 Å². The van der Waals surface area contributed by atoms with Gasteiger partial charge in [-0.1, -0.05) is 26.0 Å². The number of H-pyrrole nitrogens is 1. The Hall–Kier alpha value is -3.93. The number of halogens is 1. The van der Waals surface area contributed by atoms with Crippen LogP contribution in [0.15, 0.2) is 60.8 Å². The summed E-state index contributed by atoms with van der Waals surface area (Å²) in [6, 6.07) is 16.0. The maximum absolute atomic E-state index is 13.7. The van der Waals surface area contributed by atoms with Gasteiger partial charge in [-0.05, 0) is 66.4 Å². The fourth-order valence-corrected chi connectivity index (χ4v) is 4.58. The van der Waals surface area contributed by atoms with Crippen molar-refractivity contribution in [2.75, 3.05) is 0 Å². The van der Waals surface area contributed by atoms with Crippen LogP contribution in [0.25, 0.3) is 38.6 Å². The molecule has 0 spiro atoms. The highest BCUT2D eigenvalue weighted by Crippen LogP contribution is 2.43. The number of benzene rings is 3. The molecule has 5 aromatic rings. The van der Waals surface area contributed by atoms with Crippen molar-refractivity contribution in [3.05, 3.63) is 83.4 Å². The Morgan fingerprint density at radius 3 is 2.56 bits per heavy atom. The lowest BCUT2D eigenvalue weighted by Gasteiger charge is -2.17. The zero-order valence-electron chi connectivity index (χ0n) is 18.0. The van der Waals surface area contributed by atoms with Crippen molar-refractivity contribution in [3.8, 4) is 16.8 Å². The lowest BCUT2D eigenvalue weighted by molar-refractivity contribution is 0.0696. The average molecular weight is 427 g/mol. The third kappa shape index (κ3) is 2.99. The number of nitrogens with one attached hydrogen (secondary N) is 1. The average Bonchev–Trinajstić information content (AvgIpc) is 3.34. The van der Waals surface area contributed by atoms with E-state index in [9.17, 15) is 14.3 Å². The fraction of sp³-hybridized carbons (Fsp3) is 0.154. The molecule has 2 heterocycles. The van der Waals surface area contributed by atoms with Gasteiger partial charge in [0.25, 0.3) is 0 Å². The van der Waals surface area contributed by atoms with E-state index in [-0.39, 0.29) is 17.3 Å². The fourth-order valence-electron chi connectivity index (χ4n) is 4.58. The van der Waals surface area contributed by atoms with E-state index >= 15 is 0 Å². The molecule has 0 bridgehead atoms. The Kier molecular flexibility index (Phi) is 4.59. The quantitative estimate of drug-likeness (QED) is 0.347. The van der Waals surface area contributed by atoms with E-state index in [1.54, 1.807) is 30.5 Å². The largest absolute Gasteiger partial charge is 0.478 e. The summed E-state index contributed by atoms with van der Waals surface area (Å²) in [5.74, 6) is -1.13. The van der Waals surface area contributed by atoms with Crippen molar-refractivity contribution >= 4 is 27.8 Å². The minimum Gasteiger partial charge on any atom is -0.478 e. The maximum atomic E-state index is 13.7. The summed E-state index contributed by atoms with van der Waals surface area (Å²) in [6.07, 6.45) is 1.78. The predicted molar refractivity (Wildman–Crippen MR) is 124 cm³/mol. The van der Waals surface area contributed by atoms with Crippen LogP contribution in [-0.4, -0.2) is 25.8 Å². The van der Waals surface area contributed by atoms with Gasteiger partial charge < -0.3 is 9.67 Å². The maximum Gasteiger partial charge on any atom is 0.335 e. The summed E-state index contributed by atoms with van der Waals surface area (Å²) in [5, 5.41) is 18.9. The summed E-state index contributed by atoms with van der Waals surface area (Å²) in [6.45, 7) is 6.07. The van der Waals surface area contributed by atoms with Crippen molar-refractivity contribution in [3.63, 3.8) is 0 Å². The Morgan fingerprint density at radius 1 is 1.12 bits per heavy atom. The zero-order valence-corrected chi connectivity index (χ0v) is 18.0. The molecule has 0 aliphatic rings.